The number of aromatic hydroxyl groups is 3. The van der Waals surface area contributed by atoms with Crippen molar-refractivity contribution in [3.05, 3.63) is 88.5 Å². The average molecular weight is 334 g/mol. The van der Waals surface area contributed by atoms with Crippen LogP contribution in [0.3, 0.4) is 0 Å². The van der Waals surface area contributed by atoms with Gasteiger partial charge in [0.05, 0.1) is 0 Å². The standard InChI is InChI=1S/C22H22O3/c1-2-16-12-15(10-11-21(16)24)13-18-7-5-8-19(22(18)25)14-17-6-3-4-9-20(17)23/h3-12,23-25H,2,13-14H2,1H3. The molecule has 3 nitrogen and oxygen atoms in total. The van der Waals surface area contributed by atoms with Crippen LogP contribution in [0.1, 0.15) is 34.7 Å². The van der Waals surface area contributed by atoms with Crippen LogP contribution in [0.2, 0.25) is 0 Å². The number of hydrogen-bond acceptors (Lipinski definition) is 3. The Morgan fingerprint density at radius 3 is 2.00 bits per heavy atom. The monoisotopic (exact) mass is 334 g/mol. The third-order valence-corrected chi connectivity index (χ3v) is 4.50. The number of phenols is 3. The molecule has 3 heteroatoms. The van der Waals surface area contributed by atoms with E-state index in [4.69, 9.17) is 0 Å². The van der Waals surface area contributed by atoms with Crippen molar-refractivity contribution in [3.63, 3.8) is 0 Å². The van der Waals surface area contributed by atoms with Gasteiger partial charge in [0, 0.05) is 12.8 Å². The van der Waals surface area contributed by atoms with Gasteiger partial charge in [0.2, 0.25) is 0 Å². The summed E-state index contributed by atoms with van der Waals surface area (Å²) in [5, 5.41) is 30.4. The third kappa shape index (κ3) is 3.77. The smallest absolute Gasteiger partial charge is 0.122 e. The van der Waals surface area contributed by atoms with Gasteiger partial charge in [-0.25, -0.2) is 0 Å². The molecule has 3 aromatic rings. The van der Waals surface area contributed by atoms with E-state index in [9.17, 15) is 15.3 Å². The molecule has 0 aliphatic heterocycles. The Bertz CT molecular complexity index is 884. The Hall–Kier alpha value is -2.94. The fourth-order valence-electron chi connectivity index (χ4n) is 3.05. The lowest BCUT2D eigenvalue weighted by Crippen LogP contribution is -1.95. The average Bonchev–Trinajstić information content (AvgIpc) is 2.62. The van der Waals surface area contributed by atoms with Crippen LogP contribution in [0.15, 0.2) is 60.7 Å². The van der Waals surface area contributed by atoms with E-state index in [0.29, 0.717) is 18.6 Å². The Morgan fingerprint density at radius 2 is 1.28 bits per heavy atom. The van der Waals surface area contributed by atoms with Gasteiger partial charge in [0.15, 0.2) is 0 Å². The molecule has 25 heavy (non-hydrogen) atoms. The second-order valence-corrected chi connectivity index (χ2v) is 6.22. The van der Waals surface area contributed by atoms with Gasteiger partial charge in [-0.3, -0.25) is 0 Å². The van der Waals surface area contributed by atoms with Gasteiger partial charge in [0.25, 0.3) is 0 Å². The summed E-state index contributed by atoms with van der Waals surface area (Å²) in [5.41, 5.74) is 4.36. The number of phenolic OH excluding ortho intramolecular Hbond substituents is 3. The first-order valence-electron chi connectivity index (χ1n) is 8.46. The highest BCUT2D eigenvalue weighted by molar-refractivity contribution is 5.47. The zero-order chi connectivity index (χ0) is 17.8. The fourth-order valence-corrected chi connectivity index (χ4v) is 3.05. The van der Waals surface area contributed by atoms with E-state index < -0.39 is 0 Å². The predicted molar refractivity (Wildman–Crippen MR) is 99.3 cm³/mol. The van der Waals surface area contributed by atoms with Crippen LogP contribution in [0.5, 0.6) is 17.2 Å². The van der Waals surface area contributed by atoms with E-state index in [0.717, 1.165) is 34.2 Å². The Balaban J connectivity index is 1.87. The van der Waals surface area contributed by atoms with E-state index in [2.05, 4.69) is 0 Å². The zero-order valence-electron chi connectivity index (χ0n) is 14.2. The summed E-state index contributed by atoms with van der Waals surface area (Å²) in [6, 6.07) is 18.4. The maximum absolute atomic E-state index is 10.7. The van der Waals surface area contributed by atoms with Gasteiger partial charge < -0.3 is 15.3 Å². The van der Waals surface area contributed by atoms with Gasteiger partial charge >= 0.3 is 0 Å². The Labute approximate surface area is 147 Å². The number of hydrogen-bond donors (Lipinski definition) is 3. The second kappa shape index (κ2) is 7.31. The lowest BCUT2D eigenvalue weighted by molar-refractivity contribution is 0.459. The molecule has 0 aliphatic carbocycles. The number of benzene rings is 3. The first-order chi connectivity index (χ1) is 12.1. The molecule has 0 spiro atoms. The molecule has 0 aromatic heterocycles. The third-order valence-electron chi connectivity index (χ3n) is 4.50. The van der Waals surface area contributed by atoms with Gasteiger partial charge in [-0.05, 0) is 46.4 Å². The molecule has 0 aliphatic rings. The quantitative estimate of drug-likeness (QED) is 0.641. The van der Waals surface area contributed by atoms with Gasteiger partial charge in [0.1, 0.15) is 17.2 Å². The lowest BCUT2D eigenvalue weighted by atomic mass is 9.96. The van der Waals surface area contributed by atoms with Crippen molar-refractivity contribution in [2.75, 3.05) is 0 Å². The summed E-state index contributed by atoms with van der Waals surface area (Å²) in [5.74, 6) is 0.805. The maximum Gasteiger partial charge on any atom is 0.122 e. The van der Waals surface area contributed by atoms with E-state index >= 15 is 0 Å². The minimum absolute atomic E-state index is 0.235. The van der Waals surface area contributed by atoms with Gasteiger partial charge in [-0.15, -0.1) is 0 Å². The summed E-state index contributed by atoms with van der Waals surface area (Å²) < 4.78 is 0. The Kier molecular flexibility index (Phi) is 4.94. The molecule has 0 heterocycles. The fraction of sp³-hybridized carbons (Fsp3) is 0.182. The number of para-hydroxylation sites is 2. The molecule has 0 saturated heterocycles. The summed E-state index contributed by atoms with van der Waals surface area (Å²) in [6.07, 6.45) is 1.83. The number of aryl methyl sites for hydroxylation is 1. The molecule has 0 atom stereocenters. The van der Waals surface area contributed by atoms with E-state index in [-0.39, 0.29) is 11.5 Å². The minimum atomic E-state index is 0.235. The lowest BCUT2D eigenvalue weighted by Gasteiger charge is -2.12. The molecule has 0 bridgehead atoms. The van der Waals surface area contributed by atoms with Crippen LogP contribution in [0, 0.1) is 0 Å². The summed E-state index contributed by atoms with van der Waals surface area (Å²) in [6.45, 7) is 2.00. The van der Waals surface area contributed by atoms with Crippen molar-refractivity contribution in [3.8, 4) is 17.2 Å². The molecular weight excluding hydrogens is 312 g/mol. The summed E-state index contributed by atoms with van der Waals surface area (Å²) in [7, 11) is 0. The largest absolute Gasteiger partial charge is 0.508 e. The van der Waals surface area contributed by atoms with Crippen LogP contribution in [0.25, 0.3) is 0 Å². The normalized spacial score (nSPS) is 10.8. The molecule has 3 N–H and O–H groups in total. The SMILES string of the molecule is CCc1cc(Cc2cccc(Cc3ccccc3O)c2O)ccc1O. The van der Waals surface area contributed by atoms with Crippen molar-refractivity contribution in [1.82, 2.24) is 0 Å². The minimum Gasteiger partial charge on any atom is -0.508 e. The second-order valence-electron chi connectivity index (χ2n) is 6.22. The van der Waals surface area contributed by atoms with Gasteiger partial charge in [-0.1, -0.05) is 55.5 Å². The van der Waals surface area contributed by atoms with E-state index in [1.807, 2.05) is 49.4 Å². The molecule has 0 fully saturated rings. The highest BCUT2D eigenvalue weighted by atomic mass is 16.3. The molecule has 3 rings (SSSR count). The molecule has 0 radical (unpaired) electrons. The van der Waals surface area contributed by atoms with Crippen molar-refractivity contribution in [2.24, 2.45) is 0 Å². The van der Waals surface area contributed by atoms with Crippen LogP contribution >= 0.6 is 0 Å². The molecule has 128 valence electrons. The summed E-state index contributed by atoms with van der Waals surface area (Å²) >= 11 is 0. The van der Waals surface area contributed by atoms with Crippen molar-refractivity contribution in [1.29, 1.82) is 0 Å². The molecule has 0 saturated carbocycles. The topological polar surface area (TPSA) is 60.7 Å². The van der Waals surface area contributed by atoms with E-state index in [1.54, 1.807) is 18.2 Å². The van der Waals surface area contributed by atoms with Gasteiger partial charge in [-0.2, -0.15) is 0 Å². The Morgan fingerprint density at radius 1 is 0.640 bits per heavy atom. The zero-order valence-corrected chi connectivity index (χ0v) is 14.2. The van der Waals surface area contributed by atoms with Crippen LogP contribution < -0.4 is 0 Å². The molecule has 0 amide bonds. The van der Waals surface area contributed by atoms with Crippen molar-refractivity contribution >= 4 is 0 Å². The summed E-state index contributed by atoms with van der Waals surface area (Å²) in [4.78, 5) is 0. The predicted octanol–water partition coefficient (Wildman–Crippen LogP) is 4.55. The van der Waals surface area contributed by atoms with E-state index in [1.165, 1.54) is 0 Å². The van der Waals surface area contributed by atoms with Crippen molar-refractivity contribution in [2.45, 2.75) is 26.2 Å². The maximum atomic E-state index is 10.7. The van der Waals surface area contributed by atoms with Crippen LogP contribution in [-0.4, -0.2) is 15.3 Å². The highest BCUT2D eigenvalue weighted by Crippen LogP contribution is 2.30. The molecule has 3 aromatic carbocycles. The number of rotatable bonds is 5. The first-order valence-corrected chi connectivity index (χ1v) is 8.46. The van der Waals surface area contributed by atoms with Crippen LogP contribution in [0.4, 0.5) is 0 Å². The van der Waals surface area contributed by atoms with Crippen LogP contribution in [-0.2, 0) is 19.3 Å². The molecule has 0 unspecified atom stereocenters. The molecular formula is C22H22O3. The first kappa shape index (κ1) is 16.9. The van der Waals surface area contributed by atoms with Crippen molar-refractivity contribution < 1.29 is 15.3 Å². The highest BCUT2D eigenvalue weighted by Gasteiger charge is 2.11.